The first-order chi connectivity index (χ1) is 9.47. The van der Waals surface area contributed by atoms with Crippen molar-refractivity contribution in [1.82, 2.24) is 9.97 Å². The third-order valence-corrected chi connectivity index (χ3v) is 4.44. The number of aromatic nitrogens is 2. The van der Waals surface area contributed by atoms with Crippen LogP contribution in [-0.4, -0.2) is 22.1 Å². The molecule has 1 aliphatic rings. The Hall–Kier alpha value is -1.70. The van der Waals surface area contributed by atoms with E-state index < -0.39 is 12.1 Å². The van der Waals surface area contributed by atoms with Crippen LogP contribution in [0.2, 0.25) is 0 Å². The first-order valence-corrected chi connectivity index (χ1v) is 6.92. The smallest absolute Gasteiger partial charge is 0.302 e. The van der Waals surface area contributed by atoms with Gasteiger partial charge < -0.3 is 5.32 Å². The van der Waals surface area contributed by atoms with Gasteiger partial charge in [-0.2, -0.15) is 13.2 Å². The zero-order valence-electron chi connectivity index (χ0n) is 10.3. The fraction of sp³-hybridized carbons (Fsp3) is 0.417. The second-order valence-corrected chi connectivity index (χ2v) is 5.65. The number of aryl methyl sites for hydroxylation is 2. The van der Waals surface area contributed by atoms with E-state index in [2.05, 4.69) is 9.97 Å². The zero-order valence-corrected chi connectivity index (χ0v) is 11.1. The van der Waals surface area contributed by atoms with Crippen LogP contribution in [0.3, 0.4) is 0 Å². The van der Waals surface area contributed by atoms with Gasteiger partial charge in [0.1, 0.15) is 17.0 Å². The van der Waals surface area contributed by atoms with Crippen molar-refractivity contribution >= 4 is 33.3 Å². The Morgan fingerprint density at radius 1 is 1.25 bits per heavy atom. The van der Waals surface area contributed by atoms with Crippen LogP contribution in [0, 0.1) is 0 Å². The van der Waals surface area contributed by atoms with Crippen molar-refractivity contribution in [2.24, 2.45) is 0 Å². The lowest BCUT2D eigenvalue weighted by Gasteiger charge is -2.12. The molecule has 2 heterocycles. The number of nitrogens with zero attached hydrogens (tertiary/aromatic N) is 2. The van der Waals surface area contributed by atoms with Crippen LogP contribution in [0.4, 0.5) is 19.0 Å². The number of carbonyl (C=O) groups excluding carboxylic acids is 1. The molecule has 4 nitrogen and oxygen atoms in total. The van der Waals surface area contributed by atoms with E-state index in [9.17, 15) is 18.0 Å². The van der Waals surface area contributed by atoms with Gasteiger partial charge in [-0.25, -0.2) is 9.97 Å². The number of anilines is 1. The van der Waals surface area contributed by atoms with Crippen LogP contribution in [0.25, 0.3) is 10.2 Å². The first-order valence-electron chi connectivity index (χ1n) is 6.10. The lowest BCUT2D eigenvalue weighted by atomic mass is 9.97. The molecule has 3 rings (SSSR count). The van der Waals surface area contributed by atoms with Gasteiger partial charge in [-0.1, -0.05) is 0 Å². The molecule has 0 bridgehead atoms. The lowest BCUT2D eigenvalue weighted by Crippen LogP contribution is -2.30. The maximum Gasteiger partial charge on any atom is 0.471 e. The van der Waals surface area contributed by atoms with E-state index in [-0.39, 0.29) is 5.82 Å². The Kier molecular flexibility index (Phi) is 3.12. The number of amides is 1. The summed E-state index contributed by atoms with van der Waals surface area (Å²) in [6.07, 6.45) is 0.00210. The highest BCUT2D eigenvalue weighted by Gasteiger charge is 2.39. The predicted octanol–water partition coefficient (Wildman–Crippen LogP) is 3.07. The molecule has 2 aromatic rings. The summed E-state index contributed by atoms with van der Waals surface area (Å²) < 4.78 is 37.0. The number of fused-ring (bicyclic) bond motifs is 3. The second kappa shape index (κ2) is 4.69. The van der Waals surface area contributed by atoms with Crippen LogP contribution in [0.1, 0.15) is 23.3 Å². The van der Waals surface area contributed by atoms with Gasteiger partial charge in [-0.05, 0) is 31.2 Å². The van der Waals surface area contributed by atoms with Gasteiger partial charge in [0.25, 0.3) is 0 Å². The topological polar surface area (TPSA) is 54.9 Å². The van der Waals surface area contributed by atoms with Crippen LogP contribution in [-0.2, 0) is 17.6 Å². The highest BCUT2D eigenvalue weighted by molar-refractivity contribution is 7.19. The quantitative estimate of drug-likeness (QED) is 0.880. The van der Waals surface area contributed by atoms with Crippen molar-refractivity contribution < 1.29 is 18.0 Å². The summed E-state index contributed by atoms with van der Waals surface area (Å²) in [5.74, 6) is -2.05. The molecule has 106 valence electrons. The van der Waals surface area contributed by atoms with Gasteiger partial charge in [-0.15, -0.1) is 11.3 Å². The van der Waals surface area contributed by atoms with Gasteiger partial charge in [0, 0.05) is 4.88 Å². The summed E-state index contributed by atoms with van der Waals surface area (Å²) in [6.45, 7) is 0. The molecule has 1 aliphatic carbocycles. The van der Waals surface area contributed by atoms with E-state index in [1.165, 1.54) is 17.7 Å². The third kappa shape index (κ3) is 2.24. The minimum Gasteiger partial charge on any atom is -0.302 e. The lowest BCUT2D eigenvalue weighted by molar-refractivity contribution is -0.167. The van der Waals surface area contributed by atoms with E-state index in [0.717, 1.165) is 36.1 Å². The Morgan fingerprint density at radius 2 is 2.00 bits per heavy atom. The molecule has 0 aromatic carbocycles. The molecular formula is C12H10F3N3OS. The normalized spacial score (nSPS) is 15.2. The van der Waals surface area contributed by atoms with E-state index in [4.69, 9.17) is 0 Å². The minimum absolute atomic E-state index is 0.0447. The van der Waals surface area contributed by atoms with E-state index >= 15 is 0 Å². The molecule has 1 amide bonds. The molecule has 8 heteroatoms. The van der Waals surface area contributed by atoms with Crippen LogP contribution in [0.5, 0.6) is 0 Å². The van der Waals surface area contributed by atoms with Crippen molar-refractivity contribution in [1.29, 1.82) is 0 Å². The maximum absolute atomic E-state index is 12.3. The molecule has 1 N–H and O–H groups in total. The predicted molar refractivity (Wildman–Crippen MR) is 68.7 cm³/mol. The monoisotopic (exact) mass is 301 g/mol. The largest absolute Gasteiger partial charge is 0.471 e. The summed E-state index contributed by atoms with van der Waals surface area (Å²) in [4.78, 5) is 20.7. The minimum atomic E-state index is -4.92. The molecule has 2 aromatic heterocycles. The molecule has 0 aliphatic heterocycles. The van der Waals surface area contributed by atoms with Crippen molar-refractivity contribution in [3.63, 3.8) is 0 Å². The molecule has 0 saturated heterocycles. The fourth-order valence-electron chi connectivity index (χ4n) is 2.36. The van der Waals surface area contributed by atoms with Crippen LogP contribution < -0.4 is 5.32 Å². The summed E-state index contributed by atoms with van der Waals surface area (Å²) in [5, 5.41) is 2.41. The van der Waals surface area contributed by atoms with Gasteiger partial charge in [0.15, 0.2) is 0 Å². The summed E-state index contributed by atoms with van der Waals surface area (Å²) in [6, 6.07) is 0. The summed E-state index contributed by atoms with van der Waals surface area (Å²) in [5.41, 5.74) is 0.981. The van der Waals surface area contributed by atoms with Gasteiger partial charge in [-0.3, -0.25) is 4.79 Å². The summed E-state index contributed by atoms with van der Waals surface area (Å²) in [7, 11) is 0. The van der Waals surface area contributed by atoms with E-state index in [0.29, 0.717) is 10.2 Å². The fourth-order valence-corrected chi connectivity index (χ4v) is 3.59. The van der Waals surface area contributed by atoms with Gasteiger partial charge in [0.05, 0.1) is 5.39 Å². The molecular weight excluding hydrogens is 291 g/mol. The standard InChI is InChI=1S/C12H10F3N3OS/c13-12(14,15)11(19)18-9-8-6-3-1-2-4-7(6)20-10(8)17-5-16-9/h5H,1-4H2,(H,16,17,18,19). The zero-order chi connectivity index (χ0) is 14.3. The number of rotatable bonds is 1. The average molecular weight is 301 g/mol. The molecule has 0 saturated carbocycles. The van der Waals surface area contributed by atoms with Crippen LogP contribution >= 0.6 is 11.3 Å². The third-order valence-electron chi connectivity index (χ3n) is 3.24. The maximum atomic E-state index is 12.3. The average Bonchev–Trinajstić information content (AvgIpc) is 2.76. The highest BCUT2D eigenvalue weighted by Crippen LogP contribution is 2.38. The Balaban J connectivity index is 2.07. The molecule has 0 radical (unpaired) electrons. The number of hydrogen-bond donors (Lipinski definition) is 1. The second-order valence-electron chi connectivity index (χ2n) is 4.57. The first kappa shape index (κ1) is 13.3. The van der Waals surface area contributed by atoms with Crippen molar-refractivity contribution in [3.8, 4) is 0 Å². The number of carbonyl (C=O) groups is 1. The summed E-state index contributed by atoms with van der Waals surface area (Å²) >= 11 is 1.46. The molecule has 0 atom stereocenters. The number of hydrogen-bond acceptors (Lipinski definition) is 4. The van der Waals surface area contributed by atoms with E-state index in [1.807, 2.05) is 5.32 Å². The van der Waals surface area contributed by atoms with Crippen LogP contribution in [0.15, 0.2) is 6.33 Å². The number of nitrogens with one attached hydrogen (secondary N) is 1. The van der Waals surface area contributed by atoms with Crippen molar-refractivity contribution in [2.45, 2.75) is 31.9 Å². The molecule has 20 heavy (non-hydrogen) atoms. The van der Waals surface area contributed by atoms with Gasteiger partial charge >= 0.3 is 12.1 Å². The Morgan fingerprint density at radius 3 is 2.75 bits per heavy atom. The number of thiophene rings is 1. The van der Waals surface area contributed by atoms with E-state index in [1.54, 1.807) is 0 Å². The number of halogens is 3. The van der Waals surface area contributed by atoms with Crippen molar-refractivity contribution in [3.05, 3.63) is 16.8 Å². The SMILES string of the molecule is O=C(Nc1ncnc2sc3c(c12)CCCC3)C(F)(F)F. The molecule has 0 unspecified atom stereocenters. The number of alkyl halides is 3. The molecule has 0 fully saturated rings. The Bertz CT molecular complexity index is 680. The van der Waals surface area contributed by atoms with Crippen molar-refractivity contribution in [2.75, 3.05) is 5.32 Å². The molecule has 0 spiro atoms. The highest BCUT2D eigenvalue weighted by atomic mass is 32.1. The Labute approximate surface area is 116 Å². The van der Waals surface area contributed by atoms with Gasteiger partial charge in [0.2, 0.25) is 0 Å².